The number of carbonyl (C=O) groups is 1. The van der Waals surface area contributed by atoms with E-state index in [-0.39, 0.29) is 11.8 Å². The highest BCUT2D eigenvalue weighted by atomic mass is 32.1. The van der Waals surface area contributed by atoms with Crippen LogP contribution in [0.4, 0.5) is 8.78 Å². The zero-order valence-electron chi connectivity index (χ0n) is 22.9. The summed E-state index contributed by atoms with van der Waals surface area (Å²) in [6, 6.07) is 2.14. The summed E-state index contributed by atoms with van der Waals surface area (Å²) in [4.78, 5) is 25.0. The zero-order valence-corrected chi connectivity index (χ0v) is 23.7. The molecule has 0 radical (unpaired) electrons. The maximum Gasteiger partial charge on any atom is 0.310 e. The highest BCUT2D eigenvalue weighted by Gasteiger charge is 2.47. The van der Waals surface area contributed by atoms with E-state index in [1.807, 2.05) is 26.2 Å². The van der Waals surface area contributed by atoms with Gasteiger partial charge in [-0.15, -0.1) is 11.3 Å². The quantitative estimate of drug-likeness (QED) is 0.386. The summed E-state index contributed by atoms with van der Waals surface area (Å²) in [5.41, 5.74) is 2.62. The van der Waals surface area contributed by atoms with Crippen molar-refractivity contribution in [2.45, 2.75) is 93.5 Å². The van der Waals surface area contributed by atoms with Crippen molar-refractivity contribution in [2.75, 3.05) is 13.1 Å². The van der Waals surface area contributed by atoms with Gasteiger partial charge in [-0.3, -0.25) is 14.7 Å². The van der Waals surface area contributed by atoms with Crippen LogP contribution in [0.2, 0.25) is 0 Å². The highest BCUT2D eigenvalue weighted by Crippen LogP contribution is 2.44. The molecule has 2 unspecified atom stereocenters. The average Bonchev–Trinajstić information content (AvgIpc) is 3.23. The Hall–Kier alpha value is -1.93. The number of aliphatic carboxylic acids is 1. The van der Waals surface area contributed by atoms with Crippen molar-refractivity contribution in [3.63, 3.8) is 0 Å². The molecule has 0 amide bonds. The number of piperidine rings is 1. The number of pyridine rings is 1. The maximum atomic E-state index is 12.4. The Morgan fingerprint density at radius 2 is 1.92 bits per heavy atom. The van der Waals surface area contributed by atoms with E-state index >= 15 is 0 Å². The Balaban J connectivity index is 0.000000678. The molecule has 36 heavy (non-hydrogen) atoms. The first-order valence-corrected chi connectivity index (χ1v) is 13.7. The predicted octanol–water partition coefficient (Wildman–Crippen LogP) is 7.61. The fourth-order valence-electron chi connectivity index (χ4n) is 4.82. The van der Waals surface area contributed by atoms with E-state index in [1.165, 1.54) is 4.88 Å². The third kappa shape index (κ3) is 8.30. The predicted molar refractivity (Wildman–Crippen MR) is 144 cm³/mol. The van der Waals surface area contributed by atoms with Crippen LogP contribution in [0.15, 0.2) is 18.5 Å². The SMILES string of the molecule is CCCC(F)F.CCCC1(C(=O)O)CC(C(C)(C)C)CN(Cc2cnc(-c3cc(C)cnc3C)s2)C1. The van der Waals surface area contributed by atoms with Crippen molar-refractivity contribution in [1.29, 1.82) is 0 Å². The number of alkyl halides is 2. The Labute approximate surface area is 219 Å². The minimum absolute atomic E-state index is 0.0417. The maximum absolute atomic E-state index is 12.4. The number of carboxylic acid groups (broad SMARTS) is 1. The summed E-state index contributed by atoms with van der Waals surface area (Å²) in [7, 11) is 0. The number of thiazole rings is 1. The van der Waals surface area contributed by atoms with Crippen LogP contribution in [0.1, 0.15) is 82.9 Å². The lowest BCUT2D eigenvalue weighted by molar-refractivity contribution is -0.156. The first kappa shape index (κ1) is 30.3. The van der Waals surface area contributed by atoms with Crippen molar-refractivity contribution in [3.8, 4) is 10.6 Å². The van der Waals surface area contributed by atoms with Crippen molar-refractivity contribution in [3.05, 3.63) is 34.6 Å². The second-order valence-electron chi connectivity index (χ2n) is 11.2. The number of hydrogen-bond acceptors (Lipinski definition) is 5. The standard InChI is InChI=1S/C24H35N3O2S.C4H8F2/c1-7-8-24(22(28)29)10-18(23(4,5)6)13-27(15-24)14-19-12-26-21(30-19)20-9-16(2)11-25-17(20)3;1-2-3-4(5)6/h9,11-12,18H,7-8,10,13-15H2,1-6H3,(H,28,29);4H,2-3H2,1H3. The molecule has 0 saturated carbocycles. The van der Waals surface area contributed by atoms with E-state index < -0.39 is 17.8 Å². The van der Waals surface area contributed by atoms with Crippen LogP contribution in [0.25, 0.3) is 10.6 Å². The molecule has 3 heterocycles. The molecule has 1 saturated heterocycles. The van der Waals surface area contributed by atoms with Gasteiger partial charge in [0.2, 0.25) is 6.43 Å². The molecule has 1 aliphatic heterocycles. The molecule has 1 N–H and O–H groups in total. The first-order chi connectivity index (χ1) is 16.8. The lowest BCUT2D eigenvalue weighted by atomic mass is 9.65. The third-order valence-corrected chi connectivity index (χ3v) is 7.96. The van der Waals surface area contributed by atoms with E-state index in [0.29, 0.717) is 18.9 Å². The van der Waals surface area contributed by atoms with Crippen LogP contribution in [0, 0.1) is 30.6 Å². The highest BCUT2D eigenvalue weighted by molar-refractivity contribution is 7.15. The van der Waals surface area contributed by atoms with Gasteiger partial charge in [0, 0.05) is 54.6 Å². The molecule has 202 valence electrons. The second-order valence-corrected chi connectivity index (χ2v) is 12.3. The molecule has 1 fully saturated rings. The summed E-state index contributed by atoms with van der Waals surface area (Å²) >= 11 is 1.69. The number of aromatic nitrogens is 2. The van der Waals surface area contributed by atoms with Gasteiger partial charge in [-0.1, -0.05) is 47.5 Å². The number of carboxylic acids is 1. The van der Waals surface area contributed by atoms with Crippen molar-refractivity contribution in [1.82, 2.24) is 14.9 Å². The van der Waals surface area contributed by atoms with E-state index in [9.17, 15) is 18.7 Å². The molecule has 8 heteroatoms. The summed E-state index contributed by atoms with van der Waals surface area (Å²) in [6.45, 7) is 16.9. The van der Waals surface area contributed by atoms with Crippen LogP contribution >= 0.6 is 11.3 Å². The number of rotatable bonds is 8. The molecule has 3 rings (SSSR count). The van der Waals surface area contributed by atoms with Gasteiger partial charge in [0.25, 0.3) is 0 Å². The third-order valence-electron chi connectivity index (χ3n) is 6.94. The van der Waals surface area contributed by atoms with Crippen molar-refractivity contribution in [2.24, 2.45) is 16.7 Å². The van der Waals surface area contributed by atoms with Crippen LogP contribution < -0.4 is 0 Å². The largest absolute Gasteiger partial charge is 0.481 e. The Morgan fingerprint density at radius 3 is 2.44 bits per heavy atom. The lowest BCUT2D eigenvalue weighted by Gasteiger charge is -2.48. The van der Waals surface area contributed by atoms with Gasteiger partial charge < -0.3 is 5.11 Å². The van der Waals surface area contributed by atoms with Crippen molar-refractivity contribution < 1.29 is 18.7 Å². The molecule has 2 atom stereocenters. The number of halogens is 2. The molecular formula is C28H43F2N3O2S. The average molecular weight is 524 g/mol. The van der Waals surface area contributed by atoms with E-state index in [0.717, 1.165) is 54.2 Å². The smallest absolute Gasteiger partial charge is 0.310 e. The number of nitrogens with zero attached hydrogens (tertiary/aromatic N) is 3. The van der Waals surface area contributed by atoms with E-state index in [2.05, 4.69) is 48.6 Å². The van der Waals surface area contributed by atoms with Crippen LogP contribution in [-0.4, -0.2) is 45.5 Å². The van der Waals surface area contributed by atoms with Gasteiger partial charge in [-0.05, 0) is 49.7 Å². The van der Waals surface area contributed by atoms with Crippen LogP contribution in [-0.2, 0) is 11.3 Å². The van der Waals surface area contributed by atoms with Gasteiger partial charge in [-0.2, -0.15) is 0 Å². The zero-order chi connectivity index (χ0) is 27.1. The van der Waals surface area contributed by atoms with E-state index in [4.69, 9.17) is 0 Å². The molecule has 2 aromatic rings. The minimum Gasteiger partial charge on any atom is -0.481 e. The summed E-state index contributed by atoms with van der Waals surface area (Å²) < 4.78 is 22.1. The Kier molecular flexibility index (Phi) is 11.0. The topological polar surface area (TPSA) is 66.3 Å². The minimum atomic E-state index is -2.10. The van der Waals surface area contributed by atoms with Crippen LogP contribution in [0.3, 0.4) is 0 Å². The summed E-state index contributed by atoms with van der Waals surface area (Å²) in [5.74, 6) is -0.292. The molecule has 0 aromatic carbocycles. The molecule has 0 spiro atoms. The lowest BCUT2D eigenvalue weighted by Crippen LogP contribution is -2.53. The van der Waals surface area contributed by atoms with Crippen molar-refractivity contribution >= 4 is 17.3 Å². The summed E-state index contributed by atoms with van der Waals surface area (Å²) in [5, 5.41) is 11.1. The number of hydrogen-bond donors (Lipinski definition) is 1. The molecular weight excluding hydrogens is 480 g/mol. The number of aryl methyl sites for hydroxylation is 2. The normalized spacial score (nSPS) is 20.8. The molecule has 0 bridgehead atoms. The van der Waals surface area contributed by atoms with Gasteiger partial charge in [0.1, 0.15) is 5.01 Å². The Morgan fingerprint density at radius 1 is 1.22 bits per heavy atom. The second kappa shape index (κ2) is 13.0. The molecule has 0 aliphatic carbocycles. The first-order valence-electron chi connectivity index (χ1n) is 12.9. The van der Waals surface area contributed by atoms with Gasteiger partial charge >= 0.3 is 5.97 Å². The number of likely N-dealkylation sites (tertiary alicyclic amines) is 1. The molecule has 1 aliphatic rings. The monoisotopic (exact) mass is 523 g/mol. The fourth-order valence-corrected chi connectivity index (χ4v) is 5.85. The fraction of sp³-hybridized carbons (Fsp3) is 0.679. The summed E-state index contributed by atoms with van der Waals surface area (Å²) in [6.07, 6.45) is 4.73. The van der Waals surface area contributed by atoms with E-state index in [1.54, 1.807) is 18.3 Å². The molecule has 5 nitrogen and oxygen atoms in total. The van der Waals surface area contributed by atoms with Gasteiger partial charge in [-0.25, -0.2) is 13.8 Å². The van der Waals surface area contributed by atoms with Gasteiger partial charge in [0.05, 0.1) is 5.41 Å². The van der Waals surface area contributed by atoms with Crippen LogP contribution in [0.5, 0.6) is 0 Å². The molecule has 2 aromatic heterocycles. The van der Waals surface area contributed by atoms with Gasteiger partial charge in [0.15, 0.2) is 0 Å². The Bertz CT molecular complexity index is 989.